The highest BCUT2D eigenvalue weighted by Crippen LogP contribution is 2.21. The second-order valence-corrected chi connectivity index (χ2v) is 7.39. The van der Waals surface area contributed by atoms with Gasteiger partial charge >= 0.3 is 0 Å². The zero-order valence-electron chi connectivity index (χ0n) is 17.1. The van der Waals surface area contributed by atoms with Gasteiger partial charge in [0.05, 0.1) is 23.3 Å². The van der Waals surface area contributed by atoms with Crippen LogP contribution in [0.5, 0.6) is 0 Å². The summed E-state index contributed by atoms with van der Waals surface area (Å²) in [4.78, 5) is 19.1. The van der Waals surface area contributed by atoms with Gasteiger partial charge in [-0.05, 0) is 69.2 Å². The van der Waals surface area contributed by atoms with E-state index in [1.165, 1.54) is 31.1 Å². The zero-order valence-corrected chi connectivity index (χ0v) is 17.1. The first-order chi connectivity index (χ1) is 14.5. The second kappa shape index (κ2) is 8.49. The Morgan fingerprint density at radius 1 is 1.10 bits per heavy atom. The highest BCUT2D eigenvalue weighted by molar-refractivity contribution is 6.02. The number of rotatable bonds is 5. The summed E-state index contributed by atoms with van der Waals surface area (Å²) in [5.74, 6) is 0.416. The van der Waals surface area contributed by atoms with Gasteiger partial charge in [0.15, 0.2) is 0 Å². The quantitative estimate of drug-likeness (QED) is 0.644. The lowest BCUT2D eigenvalue weighted by molar-refractivity contribution is -0.111. The number of amides is 1. The molecule has 1 N–H and O–H groups in total. The number of anilines is 2. The predicted molar refractivity (Wildman–Crippen MR) is 116 cm³/mol. The predicted octanol–water partition coefficient (Wildman–Crippen LogP) is 4.28. The second-order valence-electron chi connectivity index (χ2n) is 7.39. The number of nitrogens with zero attached hydrogens (tertiary/aromatic N) is 4. The number of carbonyl (C=O) groups is 1. The number of hydrogen-bond acceptors (Lipinski definition) is 4. The van der Waals surface area contributed by atoms with Gasteiger partial charge in [0.2, 0.25) is 5.91 Å². The summed E-state index contributed by atoms with van der Waals surface area (Å²) >= 11 is 0. The van der Waals surface area contributed by atoms with Crippen molar-refractivity contribution in [2.24, 2.45) is 0 Å². The van der Waals surface area contributed by atoms with Gasteiger partial charge in [-0.2, -0.15) is 5.10 Å². The Hall–Kier alpha value is -3.48. The van der Waals surface area contributed by atoms with Crippen molar-refractivity contribution in [2.45, 2.75) is 26.7 Å². The van der Waals surface area contributed by atoms with Crippen LogP contribution in [0.3, 0.4) is 0 Å². The Morgan fingerprint density at radius 2 is 1.83 bits per heavy atom. The Bertz CT molecular complexity index is 1060. The van der Waals surface area contributed by atoms with Crippen molar-refractivity contribution in [3.8, 4) is 5.69 Å². The molecule has 1 fully saturated rings. The fourth-order valence-electron chi connectivity index (χ4n) is 3.67. The highest BCUT2D eigenvalue weighted by atomic mass is 19.1. The van der Waals surface area contributed by atoms with Crippen LogP contribution in [0.2, 0.25) is 0 Å². The van der Waals surface area contributed by atoms with Crippen molar-refractivity contribution in [3.63, 3.8) is 0 Å². The standard InChI is InChI=1S/C23H24FN5O/c1-16-21(17(2)29(27-16)20-8-5-18(24)6-9-20)10-12-23(30)26-19-7-11-22(25-15-19)28-13-3-4-14-28/h5-12,15H,3-4,13-14H2,1-2H3,(H,26,30)/b12-10+. The van der Waals surface area contributed by atoms with E-state index < -0.39 is 0 Å². The fourth-order valence-corrected chi connectivity index (χ4v) is 3.67. The molecule has 30 heavy (non-hydrogen) atoms. The average molecular weight is 405 g/mol. The maximum absolute atomic E-state index is 13.2. The third-order valence-corrected chi connectivity index (χ3v) is 5.27. The third kappa shape index (κ3) is 4.25. The Balaban J connectivity index is 1.44. The smallest absolute Gasteiger partial charge is 0.248 e. The Labute approximate surface area is 175 Å². The van der Waals surface area contributed by atoms with E-state index in [9.17, 15) is 9.18 Å². The number of carbonyl (C=O) groups excluding carboxylic acids is 1. The van der Waals surface area contributed by atoms with E-state index in [0.29, 0.717) is 5.69 Å². The van der Waals surface area contributed by atoms with Gasteiger partial charge in [0.1, 0.15) is 11.6 Å². The van der Waals surface area contributed by atoms with Crippen LogP contribution in [0.4, 0.5) is 15.9 Å². The molecule has 1 aromatic carbocycles. The molecule has 0 spiro atoms. The Kier molecular flexibility index (Phi) is 5.61. The Morgan fingerprint density at radius 3 is 2.50 bits per heavy atom. The molecule has 0 atom stereocenters. The molecule has 0 radical (unpaired) electrons. The van der Waals surface area contributed by atoms with E-state index in [4.69, 9.17) is 0 Å². The normalized spacial score (nSPS) is 13.9. The van der Waals surface area contributed by atoms with Crippen LogP contribution in [-0.2, 0) is 4.79 Å². The van der Waals surface area contributed by atoms with Crippen LogP contribution in [0, 0.1) is 19.7 Å². The SMILES string of the molecule is Cc1nn(-c2ccc(F)cc2)c(C)c1/C=C/C(=O)Nc1ccc(N2CCCC2)nc1. The van der Waals surface area contributed by atoms with Gasteiger partial charge in [0.25, 0.3) is 0 Å². The molecule has 0 aliphatic carbocycles. The van der Waals surface area contributed by atoms with Crippen LogP contribution in [0.25, 0.3) is 11.8 Å². The summed E-state index contributed by atoms with van der Waals surface area (Å²) in [5.41, 5.74) is 3.95. The van der Waals surface area contributed by atoms with Gasteiger partial charge in [-0.3, -0.25) is 4.79 Å². The first-order valence-electron chi connectivity index (χ1n) is 10.0. The maximum Gasteiger partial charge on any atom is 0.248 e. The number of hydrogen-bond donors (Lipinski definition) is 1. The van der Waals surface area contributed by atoms with Crippen molar-refractivity contribution in [2.75, 3.05) is 23.3 Å². The van der Waals surface area contributed by atoms with E-state index in [0.717, 1.165) is 41.5 Å². The average Bonchev–Trinajstić information content (AvgIpc) is 3.37. The first kappa shape index (κ1) is 19.8. The molecular formula is C23H24FN5O. The van der Waals surface area contributed by atoms with E-state index in [2.05, 4.69) is 20.3 Å². The van der Waals surface area contributed by atoms with Crippen LogP contribution in [-0.4, -0.2) is 33.8 Å². The highest BCUT2D eigenvalue weighted by Gasteiger charge is 2.14. The molecule has 3 heterocycles. The van der Waals surface area contributed by atoms with Crippen molar-refractivity contribution >= 4 is 23.5 Å². The van der Waals surface area contributed by atoms with Crippen LogP contribution in [0.1, 0.15) is 29.8 Å². The molecule has 6 nitrogen and oxygen atoms in total. The lowest BCUT2D eigenvalue weighted by Gasteiger charge is -2.16. The van der Waals surface area contributed by atoms with Crippen LogP contribution >= 0.6 is 0 Å². The summed E-state index contributed by atoms with van der Waals surface area (Å²) in [7, 11) is 0. The van der Waals surface area contributed by atoms with E-state index >= 15 is 0 Å². The van der Waals surface area contributed by atoms with Crippen molar-refractivity contribution in [1.29, 1.82) is 0 Å². The number of aromatic nitrogens is 3. The number of nitrogens with one attached hydrogen (secondary N) is 1. The number of halogens is 1. The largest absolute Gasteiger partial charge is 0.357 e. The third-order valence-electron chi connectivity index (χ3n) is 5.27. The number of pyridine rings is 1. The zero-order chi connectivity index (χ0) is 21.1. The van der Waals surface area contributed by atoms with Gasteiger partial charge in [-0.15, -0.1) is 0 Å². The summed E-state index contributed by atoms with van der Waals surface area (Å²) in [6.07, 6.45) is 7.31. The summed E-state index contributed by atoms with van der Waals surface area (Å²) in [6.45, 7) is 5.87. The lowest BCUT2D eigenvalue weighted by atomic mass is 10.2. The number of aryl methyl sites for hydroxylation is 1. The monoisotopic (exact) mass is 405 g/mol. The summed E-state index contributed by atoms with van der Waals surface area (Å²) in [6, 6.07) is 9.96. The van der Waals surface area contributed by atoms with Crippen molar-refractivity contribution in [1.82, 2.24) is 14.8 Å². The fraction of sp³-hybridized carbons (Fsp3) is 0.261. The molecule has 2 aromatic heterocycles. The topological polar surface area (TPSA) is 63.1 Å². The molecule has 1 amide bonds. The summed E-state index contributed by atoms with van der Waals surface area (Å²) < 4.78 is 14.9. The van der Waals surface area contributed by atoms with Crippen LogP contribution in [0.15, 0.2) is 48.7 Å². The number of benzene rings is 1. The maximum atomic E-state index is 13.2. The lowest BCUT2D eigenvalue weighted by Crippen LogP contribution is -2.19. The molecule has 3 aromatic rings. The van der Waals surface area contributed by atoms with Gasteiger partial charge < -0.3 is 10.2 Å². The minimum Gasteiger partial charge on any atom is -0.357 e. The molecule has 4 rings (SSSR count). The molecule has 1 aliphatic rings. The minimum atomic E-state index is -0.292. The summed E-state index contributed by atoms with van der Waals surface area (Å²) in [5, 5.41) is 7.35. The van der Waals surface area contributed by atoms with Crippen LogP contribution < -0.4 is 10.2 Å². The molecule has 0 unspecified atom stereocenters. The van der Waals surface area contributed by atoms with Gasteiger partial charge in [-0.25, -0.2) is 14.1 Å². The van der Waals surface area contributed by atoms with E-state index in [1.807, 2.05) is 26.0 Å². The van der Waals surface area contributed by atoms with E-state index in [-0.39, 0.29) is 11.7 Å². The van der Waals surface area contributed by atoms with Crippen molar-refractivity contribution in [3.05, 3.63) is 71.4 Å². The van der Waals surface area contributed by atoms with Crippen molar-refractivity contribution < 1.29 is 9.18 Å². The molecule has 7 heteroatoms. The molecule has 1 aliphatic heterocycles. The molecule has 1 saturated heterocycles. The first-order valence-corrected chi connectivity index (χ1v) is 10.0. The molecule has 154 valence electrons. The van der Waals surface area contributed by atoms with Gasteiger partial charge in [-0.1, -0.05) is 0 Å². The van der Waals surface area contributed by atoms with Gasteiger partial charge in [0, 0.05) is 30.4 Å². The minimum absolute atomic E-state index is 0.237. The molecular weight excluding hydrogens is 381 g/mol. The molecule has 0 saturated carbocycles. The van der Waals surface area contributed by atoms with E-state index in [1.54, 1.807) is 29.1 Å². The molecule has 0 bridgehead atoms.